The largest absolute Gasteiger partial charge is 0.309 e. The molecule has 2 aliphatic rings. The molecular weight excluding hydrogens is 172 g/mol. The molecule has 2 heteroatoms. The summed E-state index contributed by atoms with van der Waals surface area (Å²) in [6.07, 6.45) is 6.84. The van der Waals surface area contributed by atoms with E-state index in [9.17, 15) is 0 Å². The minimum absolute atomic E-state index is 0.756. The number of aliphatic imine (C=N–C) groups is 1. The molecule has 1 N–H and O–H groups in total. The van der Waals surface area contributed by atoms with Gasteiger partial charge >= 0.3 is 0 Å². The summed E-state index contributed by atoms with van der Waals surface area (Å²) in [6, 6.07) is 0. The van der Waals surface area contributed by atoms with Gasteiger partial charge in [0.1, 0.15) is 0 Å². The molecule has 0 aromatic carbocycles. The summed E-state index contributed by atoms with van der Waals surface area (Å²) in [5, 5.41) is 3.32. The molecular formula is C12H18N2. The maximum absolute atomic E-state index is 4.57. The van der Waals surface area contributed by atoms with Crippen molar-refractivity contribution < 1.29 is 0 Å². The van der Waals surface area contributed by atoms with Crippen LogP contribution in [-0.2, 0) is 0 Å². The first-order valence-electron chi connectivity index (χ1n) is 5.41. The fraction of sp³-hybridized carbons (Fsp3) is 0.583. The lowest BCUT2D eigenvalue weighted by molar-refractivity contribution is 0.871. The Kier molecular flexibility index (Phi) is 2.82. The standard InChI is InChI=1S/C12H18N2/c1-3-12(10-4-5-10)14-8-11-7-13-6-9(11)2/h3,8,10,13H,4-7H2,1-2H3. The third-order valence-corrected chi connectivity index (χ3v) is 2.91. The second-order valence-corrected chi connectivity index (χ2v) is 4.16. The van der Waals surface area contributed by atoms with Gasteiger partial charge < -0.3 is 5.32 Å². The Morgan fingerprint density at radius 3 is 2.71 bits per heavy atom. The molecule has 0 aromatic heterocycles. The highest BCUT2D eigenvalue weighted by Crippen LogP contribution is 2.36. The molecule has 0 aromatic rings. The van der Waals surface area contributed by atoms with Crippen LogP contribution in [0.5, 0.6) is 0 Å². The summed E-state index contributed by atoms with van der Waals surface area (Å²) in [5.74, 6) is 0.756. The maximum Gasteiger partial charge on any atom is 0.0392 e. The Morgan fingerprint density at radius 1 is 1.43 bits per heavy atom. The van der Waals surface area contributed by atoms with Crippen LogP contribution in [0.2, 0.25) is 0 Å². The lowest BCUT2D eigenvalue weighted by Gasteiger charge is -1.97. The van der Waals surface area contributed by atoms with Crippen molar-refractivity contribution >= 4 is 6.21 Å². The zero-order chi connectivity index (χ0) is 9.97. The SMILES string of the molecule is CC=C(N=CC1=C(C)CNC1)C1CC1. The second kappa shape index (κ2) is 4.09. The van der Waals surface area contributed by atoms with Crippen molar-refractivity contribution in [3.05, 3.63) is 22.9 Å². The molecule has 0 spiro atoms. The van der Waals surface area contributed by atoms with E-state index in [0.29, 0.717) is 0 Å². The average Bonchev–Trinajstić information content (AvgIpc) is 2.93. The topological polar surface area (TPSA) is 24.4 Å². The summed E-state index contributed by atoms with van der Waals surface area (Å²) in [5.41, 5.74) is 4.07. The number of hydrogen-bond donors (Lipinski definition) is 1. The molecule has 0 amide bonds. The first-order chi connectivity index (χ1) is 6.81. The Hall–Kier alpha value is -0.890. The third kappa shape index (κ3) is 2.13. The molecule has 76 valence electrons. The van der Waals surface area contributed by atoms with E-state index in [-0.39, 0.29) is 0 Å². The Balaban J connectivity index is 2.01. The molecule has 0 atom stereocenters. The van der Waals surface area contributed by atoms with Crippen molar-refractivity contribution in [2.24, 2.45) is 10.9 Å². The van der Waals surface area contributed by atoms with Gasteiger partial charge in [-0.1, -0.05) is 11.6 Å². The van der Waals surface area contributed by atoms with Crippen molar-refractivity contribution in [1.82, 2.24) is 5.32 Å². The average molecular weight is 190 g/mol. The van der Waals surface area contributed by atoms with Crippen LogP contribution < -0.4 is 5.32 Å². The minimum Gasteiger partial charge on any atom is -0.309 e. The van der Waals surface area contributed by atoms with Crippen LogP contribution in [-0.4, -0.2) is 19.3 Å². The van der Waals surface area contributed by atoms with E-state index in [4.69, 9.17) is 0 Å². The smallest absolute Gasteiger partial charge is 0.0392 e. The van der Waals surface area contributed by atoms with Gasteiger partial charge in [0.15, 0.2) is 0 Å². The molecule has 1 fully saturated rings. The van der Waals surface area contributed by atoms with Gasteiger partial charge in [-0.3, -0.25) is 4.99 Å². The monoisotopic (exact) mass is 190 g/mol. The van der Waals surface area contributed by atoms with E-state index in [2.05, 4.69) is 30.2 Å². The molecule has 0 bridgehead atoms. The summed E-state index contributed by atoms with van der Waals surface area (Å²) in [6.45, 7) is 6.26. The van der Waals surface area contributed by atoms with Gasteiger partial charge in [-0.25, -0.2) is 0 Å². The van der Waals surface area contributed by atoms with Crippen molar-refractivity contribution in [3.8, 4) is 0 Å². The number of hydrogen-bond acceptors (Lipinski definition) is 2. The van der Waals surface area contributed by atoms with Gasteiger partial charge in [-0.2, -0.15) is 0 Å². The summed E-state index contributed by atoms with van der Waals surface area (Å²) < 4.78 is 0. The quantitative estimate of drug-likeness (QED) is 0.678. The highest BCUT2D eigenvalue weighted by atomic mass is 14.9. The Labute approximate surface area is 85.8 Å². The van der Waals surface area contributed by atoms with Crippen LogP contribution in [0.15, 0.2) is 27.9 Å². The third-order valence-electron chi connectivity index (χ3n) is 2.91. The fourth-order valence-corrected chi connectivity index (χ4v) is 1.75. The van der Waals surface area contributed by atoms with Gasteiger partial charge in [-0.15, -0.1) is 0 Å². The molecule has 2 rings (SSSR count). The minimum atomic E-state index is 0.756. The Bertz CT molecular complexity index is 306. The van der Waals surface area contributed by atoms with E-state index in [1.54, 1.807) is 0 Å². The van der Waals surface area contributed by atoms with Gasteiger partial charge in [0.05, 0.1) is 0 Å². The highest BCUT2D eigenvalue weighted by molar-refractivity contribution is 5.82. The van der Waals surface area contributed by atoms with E-state index >= 15 is 0 Å². The number of nitrogens with one attached hydrogen (secondary N) is 1. The van der Waals surface area contributed by atoms with Crippen molar-refractivity contribution in [2.75, 3.05) is 13.1 Å². The summed E-state index contributed by atoms with van der Waals surface area (Å²) in [4.78, 5) is 4.57. The predicted molar refractivity (Wildman–Crippen MR) is 60.5 cm³/mol. The van der Waals surface area contributed by atoms with Gasteiger partial charge in [-0.05, 0) is 32.3 Å². The first kappa shape index (κ1) is 9.66. The predicted octanol–water partition coefficient (Wildman–Crippen LogP) is 2.29. The van der Waals surface area contributed by atoms with Gasteiger partial charge in [0.25, 0.3) is 0 Å². The molecule has 14 heavy (non-hydrogen) atoms. The molecule has 1 heterocycles. The van der Waals surface area contributed by atoms with Gasteiger partial charge in [0, 0.05) is 30.9 Å². The fourth-order valence-electron chi connectivity index (χ4n) is 1.75. The number of rotatable bonds is 3. The molecule has 1 aliphatic carbocycles. The van der Waals surface area contributed by atoms with E-state index in [0.717, 1.165) is 19.0 Å². The highest BCUT2D eigenvalue weighted by Gasteiger charge is 2.24. The van der Waals surface area contributed by atoms with E-state index in [1.807, 2.05) is 6.21 Å². The first-order valence-corrected chi connectivity index (χ1v) is 5.41. The van der Waals surface area contributed by atoms with Crippen LogP contribution >= 0.6 is 0 Å². The normalized spacial score (nSPS) is 24.0. The molecule has 1 aliphatic heterocycles. The lowest BCUT2D eigenvalue weighted by atomic mass is 10.2. The van der Waals surface area contributed by atoms with Crippen LogP contribution in [0, 0.1) is 5.92 Å². The number of nitrogens with zero attached hydrogens (tertiary/aromatic N) is 1. The molecule has 0 unspecified atom stereocenters. The van der Waals surface area contributed by atoms with E-state index in [1.165, 1.54) is 29.7 Å². The van der Waals surface area contributed by atoms with Crippen molar-refractivity contribution in [2.45, 2.75) is 26.7 Å². The summed E-state index contributed by atoms with van der Waals surface area (Å²) in [7, 11) is 0. The zero-order valence-corrected chi connectivity index (χ0v) is 9.01. The molecule has 0 saturated heterocycles. The van der Waals surface area contributed by atoms with Crippen LogP contribution in [0.4, 0.5) is 0 Å². The van der Waals surface area contributed by atoms with E-state index < -0.39 is 0 Å². The van der Waals surface area contributed by atoms with Crippen molar-refractivity contribution in [1.29, 1.82) is 0 Å². The lowest BCUT2D eigenvalue weighted by Crippen LogP contribution is -2.08. The van der Waals surface area contributed by atoms with Crippen LogP contribution in [0.3, 0.4) is 0 Å². The molecule has 0 radical (unpaired) electrons. The van der Waals surface area contributed by atoms with Gasteiger partial charge in [0.2, 0.25) is 0 Å². The zero-order valence-electron chi connectivity index (χ0n) is 9.01. The molecule has 1 saturated carbocycles. The summed E-state index contributed by atoms with van der Waals surface area (Å²) >= 11 is 0. The molecule has 2 nitrogen and oxygen atoms in total. The van der Waals surface area contributed by atoms with Crippen LogP contribution in [0.1, 0.15) is 26.7 Å². The second-order valence-electron chi connectivity index (χ2n) is 4.16. The Morgan fingerprint density at radius 2 is 2.21 bits per heavy atom. The number of allylic oxidation sites excluding steroid dienone is 2. The van der Waals surface area contributed by atoms with Crippen molar-refractivity contribution in [3.63, 3.8) is 0 Å². The maximum atomic E-state index is 4.57. The van der Waals surface area contributed by atoms with Crippen LogP contribution in [0.25, 0.3) is 0 Å².